The summed E-state index contributed by atoms with van der Waals surface area (Å²) < 4.78 is 5.78. The molecule has 2 aromatic rings. The van der Waals surface area contributed by atoms with Gasteiger partial charge < -0.3 is 20.7 Å². The average molecular weight is 439 g/mol. The Morgan fingerprint density at radius 2 is 2.00 bits per heavy atom. The molecule has 2 heterocycles. The lowest BCUT2D eigenvalue weighted by Crippen LogP contribution is -2.40. The fourth-order valence-electron chi connectivity index (χ4n) is 4.04. The summed E-state index contributed by atoms with van der Waals surface area (Å²) in [6, 6.07) is 11.5. The van der Waals surface area contributed by atoms with Crippen molar-refractivity contribution in [3.05, 3.63) is 59.9 Å². The second-order valence-corrected chi connectivity index (χ2v) is 8.56. The number of hydrogen-bond donors (Lipinski definition) is 3. The molecule has 1 aromatic heterocycles. The molecule has 3 N–H and O–H groups in total. The minimum Gasteiger partial charge on any atom is -0.494 e. The minimum absolute atomic E-state index is 0.0143. The number of carbonyl (C=O) groups is 1. The molecular weight excluding hydrogens is 400 g/mol. The predicted molar refractivity (Wildman–Crippen MR) is 129 cm³/mol. The van der Waals surface area contributed by atoms with Gasteiger partial charge in [0.15, 0.2) is 0 Å². The van der Waals surface area contributed by atoms with Crippen molar-refractivity contribution in [2.24, 2.45) is 5.92 Å². The number of nitrogens with one attached hydrogen (secondary N) is 3. The number of nitrogens with zero attached hydrogens (tertiary/aromatic N) is 1. The van der Waals surface area contributed by atoms with Crippen LogP contribution in [0.25, 0.3) is 0 Å². The van der Waals surface area contributed by atoms with Crippen molar-refractivity contribution < 1.29 is 9.53 Å². The maximum Gasteiger partial charge on any atom is 0.241 e. The van der Waals surface area contributed by atoms with Gasteiger partial charge in [-0.15, -0.1) is 0 Å². The fourth-order valence-corrected chi connectivity index (χ4v) is 4.04. The Kier molecular flexibility index (Phi) is 10.5. The Balaban J connectivity index is 1.56. The first-order valence-electron chi connectivity index (χ1n) is 12.1. The second kappa shape index (κ2) is 13.9. The molecule has 32 heavy (non-hydrogen) atoms. The molecule has 174 valence electrons. The number of ether oxygens (including phenoxy) is 1. The third kappa shape index (κ3) is 8.24. The molecule has 2 unspecified atom stereocenters. The minimum atomic E-state index is -0.367. The smallest absolute Gasteiger partial charge is 0.241 e. The van der Waals surface area contributed by atoms with Crippen LogP contribution in [-0.2, 0) is 11.2 Å². The Labute approximate surface area is 192 Å². The van der Waals surface area contributed by atoms with Crippen LogP contribution in [-0.4, -0.2) is 43.7 Å². The standard InChI is InChI=1S/C26H38N4O2/c1-2-3-19-32-24-8-6-23(7-9-24)25(29-17-13-22-5-4-14-28-20-22)26(31)30-18-12-21-10-15-27-16-11-21/h6-11,15-16,22,25,28-29H,2-5,12-14,17-20H2,1H3,(H,30,31). The Morgan fingerprint density at radius 1 is 1.19 bits per heavy atom. The molecule has 1 fully saturated rings. The molecule has 0 radical (unpaired) electrons. The molecule has 1 aromatic carbocycles. The average Bonchev–Trinajstić information content (AvgIpc) is 2.84. The summed E-state index contributed by atoms with van der Waals surface area (Å²) in [5, 5.41) is 10.1. The van der Waals surface area contributed by atoms with Crippen LogP contribution in [0.5, 0.6) is 5.75 Å². The van der Waals surface area contributed by atoms with Gasteiger partial charge in [-0.25, -0.2) is 0 Å². The van der Waals surface area contributed by atoms with Crippen molar-refractivity contribution in [1.82, 2.24) is 20.9 Å². The Morgan fingerprint density at radius 3 is 2.72 bits per heavy atom. The van der Waals surface area contributed by atoms with Crippen LogP contribution in [0.1, 0.15) is 56.2 Å². The SMILES string of the molecule is CCCCOc1ccc(C(NCCC2CCCNC2)C(=O)NCCc2ccncc2)cc1. The van der Waals surface area contributed by atoms with Crippen LogP contribution in [0.3, 0.4) is 0 Å². The van der Waals surface area contributed by atoms with E-state index in [9.17, 15) is 4.79 Å². The normalized spacial score (nSPS) is 17.0. The van der Waals surface area contributed by atoms with E-state index in [1.807, 2.05) is 36.4 Å². The molecule has 1 aliphatic rings. The van der Waals surface area contributed by atoms with Gasteiger partial charge >= 0.3 is 0 Å². The maximum absolute atomic E-state index is 13.1. The largest absolute Gasteiger partial charge is 0.494 e. The first-order chi connectivity index (χ1) is 15.8. The summed E-state index contributed by atoms with van der Waals surface area (Å²) >= 11 is 0. The molecule has 0 saturated carbocycles. The lowest BCUT2D eigenvalue weighted by atomic mass is 9.96. The third-order valence-electron chi connectivity index (χ3n) is 6.00. The fraction of sp³-hybridized carbons (Fsp3) is 0.538. The third-order valence-corrected chi connectivity index (χ3v) is 6.00. The number of unbranched alkanes of at least 4 members (excludes halogenated alkanes) is 1. The van der Waals surface area contributed by atoms with Crippen LogP contribution in [0.15, 0.2) is 48.8 Å². The van der Waals surface area contributed by atoms with Crippen LogP contribution < -0.4 is 20.7 Å². The maximum atomic E-state index is 13.1. The van der Waals surface area contributed by atoms with Crippen LogP contribution in [0, 0.1) is 5.92 Å². The molecule has 1 aliphatic heterocycles. The lowest BCUT2D eigenvalue weighted by molar-refractivity contribution is -0.123. The number of carbonyl (C=O) groups excluding carboxylic acids is 1. The predicted octanol–water partition coefficient (Wildman–Crippen LogP) is 3.64. The Hall–Kier alpha value is -2.44. The number of amides is 1. The number of hydrogen-bond acceptors (Lipinski definition) is 5. The van der Waals surface area contributed by atoms with Gasteiger partial charge in [-0.3, -0.25) is 9.78 Å². The zero-order chi connectivity index (χ0) is 22.4. The second-order valence-electron chi connectivity index (χ2n) is 8.56. The molecule has 6 nitrogen and oxygen atoms in total. The van der Waals surface area contributed by atoms with E-state index >= 15 is 0 Å². The van der Waals surface area contributed by atoms with Crippen LogP contribution in [0.2, 0.25) is 0 Å². The van der Waals surface area contributed by atoms with E-state index in [1.54, 1.807) is 12.4 Å². The zero-order valence-electron chi connectivity index (χ0n) is 19.3. The highest BCUT2D eigenvalue weighted by atomic mass is 16.5. The van der Waals surface area contributed by atoms with E-state index in [0.29, 0.717) is 12.5 Å². The van der Waals surface area contributed by atoms with E-state index < -0.39 is 0 Å². The first kappa shape index (κ1) is 24.2. The summed E-state index contributed by atoms with van der Waals surface area (Å²) in [6.45, 7) is 6.50. The summed E-state index contributed by atoms with van der Waals surface area (Å²) in [7, 11) is 0. The number of benzene rings is 1. The van der Waals surface area contributed by atoms with Gasteiger partial charge in [0, 0.05) is 18.9 Å². The van der Waals surface area contributed by atoms with E-state index in [1.165, 1.54) is 18.4 Å². The molecule has 1 amide bonds. The zero-order valence-corrected chi connectivity index (χ0v) is 19.3. The first-order valence-corrected chi connectivity index (χ1v) is 12.1. The number of rotatable bonds is 13. The van der Waals surface area contributed by atoms with Crippen LogP contribution >= 0.6 is 0 Å². The van der Waals surface area contributed by atoms with Gasteiger partial charge in [-0.2, -0.15) is 0 Å². The number of aromatic nitrogens is 1. The van der Waals surface area contributed by atoms with Gasteiger partial charge in [0.05, 0.1) is 6.61 Å². The van der Waals surface area contributed by atoms with E-state index in [-0.39, 0.29) is 11.9 Å². The van der Waals surface area contributed by atoms with Crippen molar-refractivity contribution in [3.8, 4) is 5.75 Å². The molecule has 0 spiro atoms. The van der Waals surface area contributed by atoms with Crippen LogP contribution in [0.4, 0.5) is 0 Å². The number of pyridine rings is 1. The van der Waals surface area contributed by atoms with E-state index in [2.05, 4.69) is 27.9 Å². The molecule has 2 atom stereocenters. The highest BCUT2D eigenvalue weighted by molar-refractivity contribution is 5.83. The molecule has 6 heteroatoms. The van der Waals surface area contributed by atoms with Crippen molar-refractivity contribution in [2.75, 3.05) is 32.8 Å². The summed E-state index contributed by atoms with van der Waals surface area (Å²) in [4.78, 5) is 17.1. The monoisotopic (exact) mass is 438 g/mol. The quantitative estimate of drug-likeness (QED) is 0.416. The van der Waals surface area contributed by atoms with Gasteiger partial charge in [0.1, 0.15) is 11.8 Å². The molecular formula is C26H38N4O2. The molecule has 3 rings (SSSR count). The van der Waals surface area contributed by atoms with Gasteiger partial charge in [-0.1, -0.05) is 25.5 Å². The topological polar surface area (TPSA) is 75.3 Å². The highest BCUT2D eigenvalue weighted by Crippen LogP contribution is 2.20. The Bertz CT molecular complexity index is 776. The number of piperidine rings is 1. The van der Waals surface area contributed by atoms with Crippen molar-refractivity contribution in [2.45, 2.75) is 51.5 Å². The van der Waals surface area contributed by atoms with E-state index in [4.69, 9.17) is 4.74 Å². The summed E-state index contributed by atoms with van der Waals surface area (Å²) in [6.07, 6.45) is 10.1. The molecule has 1 saturated heterocycles. The van der Waals surface area contributed by atoms with Gasteiger partial charge in [0.2, 0.25) is 5.91 Å². The molecule has 0 aliphatic carbocycles. The van der Waals surface area contributed by atoms with Gasteiger partial charge in [-0.05, 0) is 93.0 Å². The summed E-state index contributed by atoms with van der Waals surface area (Å²) in [5.41, 5.74) is 2.14. The summed E-state index contributed by atoms with van der Waals surface area (Å²) in [5.74, 6) is 1.55. The van der Waals surface area contributed by atoms with E-state index in [0.717, 1.165) is 63.2 Å². The lowest BCUT2D eigenvalue weighted by Gasteiger charge is -2.24. The highest BCUT2D eigenvalue weighted by Gasteiger charge is 2.21. The molecule has 0 bridgehead atoms. The van der Waals surface area contributed by atoms with Crippen molar-refractivity contribution >= 4 is 5.91 Å². The van der Waals surface area contributed by atoms with Gasteiger partial charge in [0.25, 0.3) is 0 Å². The van der Waals surface area contributed by atoms with Crippen molar-refractivity contribution in [1.29, 1.82) is 0 Å². The van der Waals surface area contributed by atoms with Crippen molar-refractivity contribution in [3.63, 3.8) is 0 Å².